The van der Waals surface area contributed by atoms with Gasteiger partial charge in [0, 0.05) is 31.5 Å². The van der Waals surface area contributed by atoms with Crippen LogP contribution in [0, 0.1) is 5.92 Å². The monoisotopic (exact) mass is 339 g/mol. The number of amides is 1. The van der Waals surface area contributed by atoms with Crippen LogP contribution in [0.5, 0.6) is 0 Å². The van der Waals surface area contributed by atoms with Gasteiger partial charge in [-0.1, -0.05) is 13.8 Å². The Bertz CT molecular complexity index is 658. The van der Waals surface area contributed by atoms with E-state index in [1.807, 2.05) is 6.92 Å². The van der Waals surface area contributed by atoms with Crippen molar-refractivity contribution in [2.24, 2.45) is 5.92 Å². The molecule has 1 aliphatic heterocycles. The Kier molecular flexibility index (Phi) is 5.62. The van der Waals surface area contributed by atoms with Crippen LogP contribution < -0.4 is 5.32 Å². The highest BCUT2D eigenvalue weighted by Crippen LogP contribution is 2.20. The summed E-state index contributed by atoms with van der Waals surface area (Å²) in [6.07, 6.45) is 3.74. The molecule has 1 N–H and O–H groups in total. The van der Waals surface area contributed by atoms with Crippen LogP contribution in [0.2, 0.25) is 0 Å². The molecule has 2 heterocycles. The average molecular weight is 339 g/mol. The number of sulfone groups is 1. The summed E-state index contributed by atoms with van der Waals surface area (Å²) in [5.41, 5.74) is 1.30. The van der Waals surface area contributed by atoms with Gasteiger partial charge in [-0.15, -0.1) is 0 Å². The molecule has 1 fully saturated rings. The predicted molar refractivity (Wildman–Crippen MR) is 91.3 cm³/mol. The highest BCUT2D eigenvalue weighted by atomic mass is 32.2. The molecule has 0 radical (unpaired) electrons. The summed E-state index contributed by atoms with van der Waals surface area (Å²) in [7, 11) is -3.01. The fraction of sp³-hybridized carbons (Fsp3) is 0.625. The third-order valence-electron chi connectivity index (χ3n) is 3.95. The van der Waals surface area contributed by atoms with E-state index in [1.165, 1.54) is 6.20 Å². The van der Waals surface area contributed by atoms with Crippen LogP contribution >= 0.6 is 0 Å². The zero-order valence-electron chi connectivity index (χ0n) is 13.9. The third kappa shape index (κ3) is 4.67. The van der Waals surface area contributed by atoms with Crippen molar-refractivity contribution in [2.45, 2.75) is 33.2 Å². The van der Waals surface area contributed by atoms with Crippen molar-refractivity contribution < 1.29 is 13.2 Å². The molecule has 1 aromatic heterocycles. The summed E-state index contributed by atoms with van der Waals surface area (Å²) < 4.78 is 23.3. The van der Waals surface area contributed by atoms with Gasteiger partial charge in [-0.05, 0) is 25.3 Å². The fourth-order valence-corrected chi connectivity index (χ4v) is 4.46. The minimum Gasteiger partial charge on any atom is -0.384 e. The molecule has 0 aliphatic carbocycles. The van der Waals surface area contributed by atoms with Crippen molar-refractivity contribution >= 4 is 21.4 Å². The maximum Gasteiger partial charge on any atom is 0.255 e. The SMILES string of the molecule is CCN(C(=O)c1cncc(NCC(C)C)c1)C1CCS(=O)(=O)C1. The number of anilines is 1. The molecule has 1 aromatic rings. The number of carbonyl (C=O) groups excluding carboxylic acids is 1. The Morgan fingerprint density at radius 3 is 2.74 bits per heavy atom. The van der Waals surface area contributed by atoms with Gasteiger partial charge >= 0.3 is 0 Å². The van der Waals surface area contributed by atoms with Crippen LogP contribution in [0.15, 0.2) is 18.5 Å². The van der Waals surface area contributed by atoms with Gasteiger partial charge in [-0.2, -0.15) is 0 Å². The number of hydrogen-bond donors (Lipinski definition) is 1. The highest BCUT2D eigenvalue weighted by Gasteiger charge is 2.34. The first-order valence-electron chi connectivity index (χ1n) is 8.02. The van der Waals surface area contributed by atoms with Crippen LogP contribution in [0.1, 0.15) is 37.6 Å². The summed E-state index contributed by atoms with van der Waals surface area (Å²) >= 11 is 0. The fourth-order valence-electron chi connectivity index (χ4n) is 2.73. The van der Waals surface area contributed by atoms with E-state index in [0.29, 0.717) is 24.4 Å². The van der Waals surface area contributed by atoms with Gasteiger partial charge in [0.05, 0.1) is 22.8 Å². The number of carbonyl (C=O) groups is 1. The van der Waals surface area contributed by atoms with Crippen LogP contribution in [0.25, 0.3) is 0 Å². The van der Waals surface area contributed by atoms with Crippen LogP contribution in [0.3, 0.4) is 0 Å². The highest BCUT2D eigenvalue weighted by molar-refractivity contribution is 7.91. The van der Waals surface area contributed by atoms with E-state index >= 15 is 0 Å². The van der Waals surface area contributed by atoms with E-state index in [2.05, 4.69) is 24.1 Å². The second-order valence-corrected chi connectivity index (χ2v) is 8.61. The Balaban J connectivity index is 2.13. The van der Waals surface area contributed by atoms with Crippen molar-refractivity contribution in [2.75, 3.05) is 29.9 Å². The first kappa shape index (κ1) is 17.7. The largest absolute Gasteiger partial charge is 0.384 e. The van der Waals surface area contributed by atoms with Crippen molar-refractivity contribution in [3.8, 4) is 0 Å². The molecule has 2 rings (SSSR count). The van der Waals surface area contributed by atoms with Gasteiger partial charge in [-0.3, -0.25) is 9.78 Å². The van der Waals surface area contributed by atoms with Crippen LogP contribution in [-0.4, -0.2) is 54.8 Å². The molecule has 1 saturated heterocycles. The van der Waals surface area contributed by atoms with E-state index in [9.17, 15) is 13.2 Å². The Hall–Kier alpha value is -1.63. The molecule has 1 unspecified atom stereocenters. The van der Waals surface area contributed by atoms with Crippen LogP contribution in [-0.2, 0) is 9.84 Å². The third-order valence-corrected chi connectivity index (χ3v) is 5.70. The summed E-state index contributed by atoms with van der Waals surface area (Å²) in [4.78, 5) is 18.5. The Morgan fingerprint density at radius 2 is 2.17 bits per heavy atom. The van der Waals surface area contributed by atoms with Gasteiger partial charge in [0.2, 0.25) is 0 Å². The van der Waals surface area contributed by atoms with Crippen molar-refractivity contribution in [1.29, 1.82) is 0 Å². The number of pyridine rings is 1. The molecular formula is C16H25N3O3S. The Labute approximate surface area is 138 Å². The molecule has 1 amide bonds. The number of hydrogen-bond acceptors (Lipinski definition) is 5. The summed E-state index contributed by atoms with van der Waals surface area (Å²) in [6.45, 7) is 7.38. The van der Waals surface area contributed by atoms with E-state index in [4.69, 9.17) is 0 Å². The minimum atomic E-state index is -3.01. The van der Waals surface area contributed by atoms with Crippen LogP contribution in [0.4, 0.5) is 5.69 Å². The zero-order valence-corrected chi connectivity index (χ0v) is 14.8. The molecule has 0 bridgehead atoms. The summed E-state index contributed by atoms with van der Waals surface area (Å²) in [5.74, 6) is 0.557. The van der Waals surface area contributed by atoms with Gasteiger partial charge in [0.25, 0.3) is 5.91 Å². The Morgan fingerprint density at radius 1 is 1.43 bits per heavy atom. The average Bonchev–Trinajstić information content (AvgIpc) is 2.86. The minimum absolute atomic E-state index is 0.0608. The molecule has 0 spiro atoms. The van der Waals surface area contributed by atoms with Gasteiger partial charge in [0.15, 0.2) is 9.84 Å². The van der Waals surface area contributed by atoms with E-state index < -0.39 is 9.84 Å². The molecule has 0 saturated carbocycles. The molecule has 0 aromatic carbocycles. The molecule has 23 heavy (non-hydrogen) atoms. The summed E-state index contributed by atoms with van der Waals surface area (Å²) in [6, 6.07) is 1.55. The smallest absolute Gasteiger partial charge is 0.255 e. The van der Waals surface area contributed by atoms with Gasteiger partial charge in [-0.25, -0.2) is 8.42 Å². The van der Waals surface area contributed by atoms with Gasteiger partial charge < -0.3 is 10.2 Å². The molecule has 1 atom stereocenters. The molecule has 128 valence electrons. The second-order valence-electron chi connectivity index (χ2n) is 6.39. The molecule has 6 nitrogen and oxygen atoms in total. The zero-order chi connectivity index (χ0) is 17.0. The lowest BCUT2D eigenvalue weighted by Gasteiger charge is -2.27. The van der Waals surface area contributed by atoms with Crippen molar-refractivity contribution in [3.63, 3.8) is 0 Å². The van der Waals surface area contributed by atoms with E-state index in [1.54, 1.807) is 17.2 Å². The normalized spacial score (nSPS) is 19.7. The topological polar surface area (TPSA) is 79.4 Å². The first-order chi connectivity index (χ1) is 10.8. The van der Waals surface area contributed by atoms with Crippen molar-refractivity contribution in [1.82, 2.24) is 9.88 Å². The number of aromatic nitrogens is 1. The van der Waals surface area contributed by atoms with E-state index in [-0.39, 0.29) is 23.5 Å². The predicted octanol–water partition coefficient (Wildman–Crippen LogP) is 1.80. The standard InChI is InChI=1S/C16H25N3O3S/c1-4-19(15-5-6-23(21,22)11-15)16(20)13-7-14(10-17-9-13)18-8-12(2)3/h7,9-10,12,15,18H,4-6,8,11H2,1-3H3. The summed E-state index contributed by atoms with van der Waals surface area (Å²) in [5, 5.41) is 3.25. The lowest BCUT2D eigenvalue weighted by molar-refractivity contribution is 0.0708. The maximum absolute atomic E-state index is 12.7. The maximum atomic E-state index is 12.7. The number of nitrogens with one attached hydrogen (secondary N) is 1. The molecule has 7 heteroatoms. The second kappa shape index (κ2) is 7.29. The first-order valence-corrected chi connectivity index (χ1v) is 9.85. The van der Waals surface area contributed by atoms with Crippen molar-refractivity contribution in [3.05, 3.63) is 24.0 Å². The van der Waals surface area contributed by atoms with Gasteiger partial charge in [0.1, 0.15) is 0 Å². The number of nitrogens with zero attached hydrogens (tertiary/aromatic N) is 2. The molecule has 1 aliphatic rings. The molecular weight excluding hydrogens is 314 g/mol. The lowest BCUT2D eigenvalue weighted by atomic mass is 10.1. The van der Waals surface area contributed by atoms with E-state index in [0.717, 1.165) is 12.2 Å². The number of rotatable bonds is 6. The quantitative estimate of drug-likeness (QED) is 0.855. The lowest BCUT2D eigenvalue weighted by Crippen LogP contribution is -2.41.